The van der Waals surface area contributed by atoms with Crippen LogP contribution in [0.1, 0.15) is 6.92 Å². The Balaban J connectivity index is 3.70. The summed E-state index contributed by atoms with van der Waals surface area (Å²) in [7, 11) is 0. The van der Waals surface area contributed by atoms with E-state index in [9.17, 15) is 0 Å². The van der Waals surface area contributed by atoms with Crippen LogP contribution in [0.25, 0.3) is 0 Å². The molecular formula is C6H11NS. The highest BCUT2D eigenvalue weighted by molar-refractivity contribution is 8.03. The largest absolute Gasteiger partial charge is 0.314 e. The van der Waals surface area contributed by atoms with Crippen LogP contribution in [-0.2, 0) is 0 Å². The standard InChI is InChI=1S/C6H11NS/c1-4-6(3,7)8-5-2/h4-5H,1-2,7H2,3H3. The van der Waals surface area contributed by atoms with Gasteiger partial charge >= 0.3 is 0 Å². The summed E-state index contributed by atoms with van der Waals surface area (Å²) in [6, 6.07) is 0. The lowest BCUT2D eigenvalue weighted by Gasteiger charge is -2.14. The van der Waals surface area contributed by atoms with Gasteiger partial charge in [-0.25, -0.2) is 0 Å². The molecule has 0 aromatic carbocycles. The minimum Gasteiger partial charge on any atom is -0.314 e. The molecule has 0 aromatic heterocycles. The molecule has 1 nitrogen and oxygen atoms in total. The second-order valence-electron chi connectivity index (χ2n) is 1.67. The Bertz CT molecular complexity index is 96.7. The molecule has 0 aliphatic carbocycles. The van der Waals surface area contributed by atoms with Crippen LogP contribution in [0.5, 0.6) is 0 Å². The van der Waals surface area contributed by atoms with Gasteiger partial charge in [-0.2, -0.15) is 0 Å². The van der Waals surface area contributed by atoms with Crippen molar-refractivity contribution in [3.63, 3.8) is 0 Å². The van der Waals surface area contributed by atoms with Gasteiger partial charge in [-0.05, 0) is 12.3 Å². The maximum absolute atomic E-state index is 5.60. The average Bonchev–Trinajstić information content (AvgIpc) is 1.67. The third-order valence-corrected chi connectivity index (χ3v) is 1.58. The fourth-order valence-electron chi connectivity index (χ4n) is 0.228. The molecule has 0 rings (SSSR count). The first-order valence-electron chi connectivity index (χ1n) is 2.33. The minimum atomic E-state index is -0.345. The quantitative estimate of drug-likeness (QED) is 0.464. The zero-order valence-corrected chi connectivity index (χ0v) is 5.87. The summed E-state index contributed by atoms with van der Waals surface area (Å²) < 4.78 is 0. The summed E-state index contributed by atoms with van der Waals surface area (Å²) in [6.45, 7) is 8.97. The van der Waals surface area contributed by atoms with Gasteiger partial charge < -0.3 is 5.73 Å². The summed E-state index contributed by atoms with van der Waals surface area (Å²) in [5, 5.41) is 1.71. The molecule has 46 valence electrons. The molecule has 0 aromatic rings. The summed E-state index contributed by atoms with van der Waals surface area (Å²) in [6.07, 6.45) is 1.69. The molecule has 2 N–H and O–H groups in total. The molecule has 1 unspecified atom stereocenters. The smallest absolute Gasteiger partial charge is 0.0815 e. The molecule has 2 heteroatoms. The van der Waals surface area contributed by atoms with Crippen molar-refractivity contribution in [3.8, 4) is 0 Å². The lowest BCUT2D eigenvalue weighted by atomic mass is 10.4. The maximum atomic E-state index is 5.60. The van der Waals surface area contributed by atoms with Crippen molar-refractivity contribution >= 4 is 11.8 Å². The van der Waals surface area contributed by atoms with E-state index in [0.29, 0.717) is 0 Å². The lowest BCUT2D eigenvalue weighted by molar-refractivity contribution is 0.854. The van der Waals surface area contributed by atoms with Gasteiger partial charge in [-0.3, -0.25) is 0 Å². The maximum Gasteiger partial charge on any atom is 0.0815 e. The summed E-state index contributed by atoms with van der Waals surface area (Å²) in [5.74, 6) is 0. The van der Waals surface area contributed by atoms with Crippen LogP contribution in [0.2, 0.25) is 0 Å². The molecule has 0 spiro atoms. The molecule has 0 saturated carbocycles. The number of thioether (sulfide) groups is 1. The second-order valence-corrected chi connectivity index (χ2v) is 3.12. The zero-order valence-electron chi connectivity index (χ0n) is 5.05. The van der Waals surface area contributed by atoms with Gasteiger partial charge in [-0.1, -0.05) is 12.7 Å². The molecule has 0 saturated heterocycles. The summed E-state index contributed by atoms with van der Waals surface area (Å²) in [4.78, 5) is -0.345. The Kier molecular flexibility index (Phi) is 2.87. The van der Waals surface area contributed by atoms with Crippen molar-refractivity contribution in [2.75, 3.05) is 0 Å². The third kappa shape index (κ3) is 2.88. The molecule has 0 bridgehead atoms. The number of hydrogen-bond donors (Lipinski definition) is 1. The fraction of sp³-hybridized carbons (Fsp3) is 0.333. The average molecular weight is 129 g/mol. The number of rotatable bonds is 3. The Morgan fingerprint density at radius 1 is 1.62 bits per heavy atom. The van der Waals surface area contributed by atoms with Crippen molar-refractivity contribution in [2.45, 2.75) is 11.8 Å². The highest BCUT2D eigenvalue weighted by atomic mass is 32.2. The van der Waals surface area contributed by atoms with Crippen molar-refractivity contribution in [1.82, 2.24) is 0 Å². The Morgan fingerprint density at radius 2 is 2.12 bits per heavy atom. The molecule has 0 aliphatic heterocycles. The first kappa shape index (κ1) is 7.79. The molecule has 0 fully saturated rings. The lowest BCUT2D eigenvalue weighted by Crippen LogP contribution is -2.27. The summed E-state index contributed by atoms with van der Waals surface area (Å²) >= 11 is 1.46. The van der Waals surface area contributed by atoms with Crippen molar-refractivity contribution in [1.29, 1.82) is 0 Å². The van der Waals surface area contributed by atoms with Gasteiger partial charge in [0.25, 0.3) is 0 Å². The molecular weight excluding hydrogens is 118 g/mol. The molecule has 8 heavy (non-hydrogen) atoms. The van der Waals surface area contributed by atoms with E-state index >= 15 is 0 Å². The van der Waals surface area contributed by atoms with Gasteiger partial charge in [0.15, 0.2) is 0 Å². The fourth-order valence-corrected chi connectivity index (χ4v) is 0.683. The topological polar surface area (TPSA) is 26.0 Å². The highest BCUT2D eigenvalue weighted by Crippen LogP contribution is 2.19. The number of hydrogen-bond acceptors (Lipinski definition) is 2. The second kappa shape index (κ2) is 2.95. The SMILES string of the molecule is C=CSC(C)(N)C=C. The minimum absolute atomic E-state index is 0.345. The molecule has 1 atom stereocenters. The predicted molar refractivity (Wildman–Crippen MR) is 40.6 cm³/mol. The zero-order chi connectivity index (χ0) is 6.62. The van der Waals surface area contributed by atoms with E-state index in [4.69, 9.17) is 5.73 Å². The Labute approximate surface area is 54.6 Å². The van der Waals surface area contributed by atoms with Crippen molar-refractivity contribution in [2.24, 2.45) is 5.73 Å². The van der Waals surface area contributed by atoms with Crippen LogP contribution in [0.15, 0.2) is 24.6 Å². The van der Waals surface area contributed by atoms with Crippen molar-refractivity contribution in [3.05, 3.63) is 24.6 Å². The van der Waals surface area contributed by atoms with E-state index in [1.54, 1.807) is 11.5 Å². The first-order chi connectivity index (χ1) is 3.62. The van der Waals surface area contributed by atoms with Gasteiger partial charge in [0.05, 0.1) is 4.87 Å². The van der Waals surface area contributed by atoms with Crippen molar-refractivity contribution < 1.29 is 0 Å². The van der Waals surface area contributed by atoms with Gasteiger partial charge in [0, 0.05) is 0 Å². The van der Waals surface area contributed by atoms with E-state index in [0.717, 1.165) is 0 Å². The first-order valence-corrected chi connectivity index (χ1v) is 3.21. The predicted octanol–water partition coefficient (Wildman–Crippen LogP) is 1.72. The monoisotopic (exact) mass is 129 g/mol. The van der Waals surface area contributed by atoms with Crippen LogP contribution >= 0.6 is 11.8 Å². The van der Waals surface area contributed by atoms with Crippen LogP contribution in [0.4, 0.5) is 0 Å². The molecule has 0 heterocycles. The molecule has 0 aliphatic rings. The van der Waals surface area contributed by atoms with E-state index < -0.39 is 0 Å². The highest BCUT2D eigenvalue weighted by Gasteiger charge is 2.09. The van der Waals surface area contributed by atoms with E-state index in [1.807, 2.05) is 6.92 Å². The van der Waals surface area contributed by atoms with Crippen LogP contribution in [-0.4, -0.2) is 4.87 Å². The van der Waals surface area contributed by atoms with E-state index in [-0.39, 0.29) is 4.87 Å². The van der Waals surface area contributed by atoms with Crippen LogP contribution in [0, 0.1) is 0 Å². The van der Waals surface area contributed by atoms with Gasteiger partial charge in [0.2, 0.25) is 0 Å². The van der Waals surface area contributed by atoms with E-state index in [2.05, 4.69) is 13.2 Å². The molecule has 0 amide bonds. The van der Waals surface area contributed by atoms with E-state index in [1.165, 1.54) is 11.8 Å². The van der Waals surface area contributed by atoms with Crippen LogP contribution < -0.4 is 5.73 Å². The van der Waals surface area contributed by atoms with Gasteiger partial charge in [-0.15, -0.1) is 18.3 Å². The van der Waals surface area contributed by atoms with Gasteiger partial charge in [0.1, 0.15) is 0 Å². The molecule has 0 radical (unpaired) electrons. The normalized spacial score (nSPS) is 16.8. The summed E-state index contributed by atoms with van der Waals surface area (Å²) in [5.41, 5.74) is 5.60. The third-order valence-electron chi connectivity index (χ3n) is 0.743. The Hall–Kier alpha value is -0.210. The van der Waals surface area contributed by atoms with Crippen LogP contribution in [0.3, 0.4) is 0 Å². The number of nitrogens with two attached hydrogens (primary N) is 1. The Morgan fingerprint density at radius 3 is 2.25 bits per heavy atom.